The van der Waals surface area contributed by atoms with E-state index in [9.17, 15) is 10.2 Å². The number of ether oxygens (including phenoxy) is 2. The van der Waals surface area contributed by atoms with E-state index in [-0.39, 0.29) is 6.61 Å². The van der Waals surface area contributed by atoms with Gasteiger partial charge in [-0.3, -0.25) is 0 Å². The Morgan fingerprint density at radius 1 is 1.16 bits per heavy atom. The first-order valence-corrected chi connectivity index (χ1v) is 8.92. The van der Waals surface area contributed by atoms with Crippen LogP contribution in [-0.2, 0) is 11.2 Å². The maximum absolute atomic E-state index is 10.2. The highest BCUT2D eigenvalue weighted by molar-refractivity contribution is 6.31. The predicted molar refractivity (Wildman–Crippen MR) is 97.2 cm³/mol. The van der Waals surface area contributed by atoms with E-state index in [1.165, 1.54) is 0 Å². The van der Waals surface area contributed by atoms with Crippen LogP contribution in [0, 0.1) is 0 Å². The van der Waals surface area contributed by atoms with Crippen molar-refractivity contribution >= 4 is 11.6 Å². The third-order valence-electron chi connectivity index (χ3n) is 4.36. The van der Waals surface area contributed by atoms with Gasteiger partial charge in [0.15, 0.2) is 0 Å². The van der Waals surface area contributed by atoms with Crippen LogP contribution in [0.1, 0.15) is 36.1 Å². The van der Waals surface area contributed by atoms with Crippen molar-refractivity contribution in [3.8, 4) is 5.75 Å². The van der Waals surface area contributed by atoms with Gasteiger partial charge < -0.3 is 19.7 Å². The Bertz CT molecular complexity index is 701. The fourth-order valence-electron chi connectivity index (χ4n) is 3.11. The summed E-state index contributed by atoms with van der Waals surface area (Å²) in [6, 6.07) is 13.6. The van der Waals surface area contributed by atoms with Crippen LogP contribution in [0.2, 0.25) is 5.02 Å². The highest BCUT2D eigenvalue weighted by Gasteiger charge is 2.30. The Balaban J connectivity index is 1.77. The summed E-state index contributed by atoms with van der Waals surface area (Å²) < 4.78 is 11.1. The lowest BCUT2D eigenvalue weighted by Crippen LogP contribution is -2.35. The summed E-state index contributed by atoms with van der Waals surface area (Å²) in [6.07, 6.45) is -0.753. The second kappa shape index (κ2) is 8.19. The van der Waals surface area contributed by atoms with Crippen molar-refractivity contribution in [2.45, 2.75) is 38.1 Å². The van der Waals surface area contributed by atoms with Crippen LogP contribution in [0.5, 0.6) is 5.75 Å². The van der Waals surface area contributed by atoms with Gasteiger partial charge in [-0.25, -0.2) is 0 Å². The van der Waals surface area contributed by atoms with Gasteiger partial charge in [-0.15, -0.1) is 0 Å². The van der Waals surface area contributed by atoms with Crippen LogP contribution in [0.15, 0.2) is 42.5 Å². The molecule has 2 N–H and O–H groups in total. The zero-order chi connectivity index (χ0) is 17.8. The van der Waals surface area contributed by atoms with Gasteiger partial charge in [0.1, 0.15) is 11.9 Å². The fraction of sp³-hybridized carbons (Fsp3) is 0.400. The van der Waals surface area contributed by atoms with Gasteiger partial charge in [-0.05, 0) is 48.2 Å². The molecule has 25 heavy (non-hydrogen) atoms. The minimum absolute atomic E-state index is 0.235. The van der Waals surface area contributed by atoms with Crippen molar-refractivity contribution < 1.29 is 19.7 Å². The van der Waals surface area contributed by atoms with E-state index in [0.29, 0.717) is 24.5 Å². The van der Waals surface area contributed by atoms with Gasteiger partial charge in [0.05, 0.1) is 25.4 Å². The van der Waals surface area contributed by atoms with Crippen molar-refractivity contribution in [2.75, 3.05) is 13.2 Å². The standard InChI is InChI=1S/C20H23ClO4/c1-2-24-17-6-3-13(4-7-17)9-15-10-14(5-8-18(15)21)20-19(23)11-16(22)12-25-20/h3-8,10,16,19-20,22-23H,2,9,11-12H2,1H3. The Kier molecular flexibility index (Phi) is 5.97. The maximum Gasteiger partial charge on any atom is 0.119 e. The molecule has 1 saturated heterocycles. The summed E-state index contributed by atoms with van der Waals surface area (Å²) in [6.45, 7) is 2.84. The Morgan fingerprint density at radius 2 is 1.92 bits per heavy atom. The molecule has 0 radical (unpaired) electrons. The summed E-state index contributed by atoms with van der Waals surface area (Å²) in [5.74, 6) is 0.850. The summed E-state index contributed by atoms with van der Waals surface area (Å²) in [4.78, 5) is 0. The van der Waals surface area contributed by atoms with E-state index < -0.39 is 18.3 Å². The average Bonchev–Trinajstić information content (AvgIpc) is 2.59. The fourth-order valence-corrected chi connectivity index (χ4v) is 3.30. The maximum atomic E-state index is 10.2. The molecule has 4 nitrogen and oxygen atoms in total. The van der Waals surface area contributed by atoms with Crippen LogP contribution in [0.4, 0.5) is 0 Å². The second-order valence-electron chi connectivity index (χ2n) is 6.32. The molecular formula is C20H23ClO4. The van der Waals surface area contributed by atoms with Gasteiger partial charge in [0, 0.05) is 11.4 Å². The predicted octanol–water partition coefficient (Wildman–Crippen LogP) is 3.51. The number of hydrogen-bond donors (Lipinski definition) is 2. The van der Waals surface area contributed by atoms with Crippen molar-refractivity contribution in [1.82, 2.24) is 0 Å². The third-order valence-corrected chi connectivity index (χ3v) is 4.73. The molecule has 1 fully saturated rings. The number of benzene rings is 2. The molecule has 2 aromatic rings. The number of aliphatic hydroxyl groups excluding tert-OH is 2. The topological polar surface area (TPSA) is 58.9 Å². The Hall–Kier alpha value is -1.59. The van der Waals surface area contributed by atoms with Crippen LogP contribution in [-0.4, -0.2) is 35.6 Å². The van der Waals surface area contributed by atoms with Gasteiger partial charge in [0.2, 0.25) is 0 Å². The first-order valence-electron chi connectivity index (χ1n) is 8.54. The number of hydrogen-bond acceptors (Lipinski definition) is 4. The Morgan fingerprint density at radius 3 is 2.60 bits per heavy atom. The van der Waals surface area contributed by atoms with E-state index in [1.807, 2.05) is 49.4 Å². The molecule has 0 amide bonds. The molecule has 1 heterocycles. The second-order valence-corrected chi connectivity index (χ2v) is 6.72. The molecule has 0 aromatic heterocycles. The Labute approximate surface area is 153 Å². The van der Waals surface area contributed by atoms with Crippen molar-refractivity contribution in [1.29, 1.82) is 0 Å². The summed E-state index contributed by atoms with van der Waals surface area (Å²) >= 11 is 6.36. The summed E-state index contributed by atoms with van der Waals surface area (Å²) in [5.41, 5.74) is 2.98. The molecule has 3 unspecified atom stereocenters. The van der Waals surface area contributed by atoms with Crippen molar-refractivity contribution in [2.24, 2.45) is 0 Å². The quantitative estimate of drug-likeness (QED) is 0.854. The molecule has 1 aliphatic rings. The lowest BCUT2D eigenvalue weighted by atomic mass is 9.94. The molecule has 1 aliphatic heterocycles. The van der Waals surface area contributed by atoms with E-state index in [4.69, 9.17) is 21.1 Å². The smallest absolute Gasteiger partial charge is 0.119 e. The van der Waals surface area contributed by atoms with E-state index in [0.717, 1.165) is 22.4 Å². The number of rotatable bonds is 5. The summed E-state index contributed by atoms with van der Waals surface area (Å²) in [5, 5.41) is 20.5. The van der Waals surface area contributed by atoms with Gasteiger partial charge >= 0.3 is 0 Å². The van der Waals surface area contributed by atoms with Crippen LogP contribution >= 0.6 is 11.6 Å². The van der Waals surface area contributed by atoms with Crippen LogP contribution in [0.25, 0.3) is 0 Å². The minimum Gasteiger partial charge on any atom is -0.494 e. The third kappa shape index (κ3) is 4.53. The molecule has 2 aromatic carbocycles. The SMILES string of the molecule is CCOc1ccc(Cc2cc(C3OCC(O)CC3O)ccc2Cl)cc1. The normalized spacial score (nSPS) is 23.4. The largest absolute Gasteiger partial charge is 0.494 e. The first kappa shape index (κ1) is 18.2. The van der Waals surface area contributed by atoms with E-state index >= 15 is 0 Å². The molecule has 3 rings (SSSR count). The average molecular weight is 363 g/mol. The molecule has 0 aliphatic carbocycles. The summed E-state index contributed by atoms with van der Waals surface area (Å²) in [7, 11) is 0. The highest BCUT2D eigenvalue weighted by atomic mass is 35.5. The van der Waals surface area contributed by atoms with Crippen LogP contribution < -0.4 is 4.74 Å². The van der Waals surface area contributed by atoms with Gasteiger partial charge in [0.25, 0.3) is 0 Å². The van der Waals surface area contributed by atoms with E-state index in [1.54, 1.807) is 0 Å². The van der Waals surface area contributed by atoms with Gasteiger partial charge in [-0.2, -0.15) is 0 Å². The van der Waals surface area contributed by atoms with Gasteiger partial charge in [-0.1, -0.05) is 35.9 Å². The van der Waals surface area contributed by atoms with Crippen LogP contribution in [0.3, 0.4) is 0 Å². The first-order chi connectivity index (χ1) is 12.1. The zero-order valence-electron chi connectivity index (χ0n) is 14.2. The molecule has 0 saturated carbocycles. The number of aliphatic hydroxyl groups is 2. The van der Waals surface area contributed by atoms with E-state index in [2.05, 4.69) is 0 Å². The monoisotopic (exact) mass is 362 g/mol. The molecular weight excluding hydrogens is 340 g/mol. The number of halogens is 1. The lowest BCUT2D eigenvalue weighted by Gasteiger charge is -2.31. The molecule has 134 valence electrons. The minimum atomic E-state index is -0.719. The van der Waals surface area contributed by atoms with Crippen molar-refractivity contribution in [3.63, 3.8) is 0 Å². The molecule has 3 atom stereocenters. The molecule has 0 bridgehead atoms. The molecule has 5 heteroatoms. The highest BCUT2D eigenvalue weighted by Crippen LogP contribution is 2.31. The lowest BCUT2D eigenvalue weighted by molar-refractivity contribution is -0.125. The van der Waals surface area contributed by atoms with Crippen molar-refractivity contribution in [3.05, 3.63) is 64.2 Å². The molecule has 0 spiro atoms. The zero-order valence-corrected chi connectivity index (χ0v) is 14.9.